The summed E-state index contributed by atoms with van der Waals surface area (Å²) < 4.78 is 5.27. The van der Waals surface area contributed by atoms with Gasteiger partial charge in [0.15, 0.2) is 6.10 Å². The van der Waals surface area contributed by atoms with Crippen molar-refractivity contribution in [1.82, 2.24) is 15.3 Å². The molecule has 0 radical (unpaired) electrons. The van der Waals surface area contributed by atoms with Crippen molar-refractivity contribution in [3.8, 4) is 6.07 Å². The molecule has 1 atom stereocenters. The summed E-state index contributed by atoms with van der Waals surface area (Å²) in [5.41, 5.74) is 3.10. The normalized spacial score (nSPS) is 19.7. The highest BCUT2D eigenvalue weighted by Gasteiger charge is 2.20. The van der Waals surface area contributed by atoms with E-state index in [-0.39, 0.29) is 5.69 Å². The molecular weight excluding hydrogens is 246 g/mol. The Morgan fingerprint density at radius 3 is 3.26 bits per heavy atom. The Kier molecular flexibility index (Phi) is 4.41. The van der Waals surface area contributed by atoms with E-state index in [4.69, 9.17) is 15.8 Å². The van der Waals surface area contributed by atoms with Crippen LogP contribution in [0.4, 0.5) is 0 Å². The Labute approximate surface area is 110 Å². The summed E-state index contributed by atoms with van der Waals surface area (Å²) in [5.74, 6) is 4.65. The molecule has 1 aliphatic heterocycles. The molecule has 1 aromatic rings. The van der Waals surface area contributed by atoms with Crippen molar-refractivity contribution in [2.24, 2.45) is 5.84 Å². The third-order valence-corrected chi connectivity index (χ3v) is 2.85. The van der Waals surface area contributed by atoms with Crippen LogP contribution in [-0.2, 0) is 11.3 Å². The van der Waals surface area contributed by atoms with Crippen molar-refractivity contribution in [3.05, 3.63) is 29.6 Å². The van der Waals surface area contributed by atoms with Gasteiger partial charge in [-0.25, -0.2) is 10.8 Å². The molecule has 19 heavy (non-hydrogen) atoms. The van der Waals surface area contributed by atoms with Gasteiger partial charge >= 0.3 is 0 Å². The van der Waals surface area contributed by atoms with Crippen molar-refractivity contribution in [1.29, 1.82) is 5.26 Å². The number of carbonyl (C=O) groups excluding carboxylic acids is 1. The van der Waals surface area contributed by atoms with Gasteiger partial charge in [0, 0.05) is 19.6 Å². The van der Waals surface area contributed by atoms with Gasteiger partial charge < -0.3 is 4.74 Å². The maximum absolute atomic E-state index is 11.4. The minimum Gasteiger partial charge on any atom is -0.361 e. The van der Waals surface area contributed by atoms with Gasteiger partial charge in [0.05, 0.1) is 18.4 Å². The summed E-state index contributed by atoms with van der Waals surface area (Å²) >= 11 is 0. The van der Waals surface area contributed by atoms with E-state index < -0.39 is 12.0 Å². The van der Waals surface area contributed by atoms with E-state index in [1.54, 1.807) is 12.1 Å². The maximum atomic E-state index is 11.4. The molecule has 3 N–H and O–H groups in total. The van der Waals surface area contributed by atoms with Gasteiger partial charge in [-0.2, -0.15) is 5.26 Å². The molecule has 7 heteroatoms. The molecule has 1 unspecified atom stereocenters. The fourth-order valence-electron chi connectivity index (χ4n) is 1.92. The van der Waals surface area contributed by atoms with Gasteiger partial charge in [-0.15, -0.1) is 0 Å². The number of nitrogen functional groups attached to an aromatic ring is 1. The summed E-state index contributed by atoms with van der Waals surface area (Å²) in [6.45, 7) is 2.40. The summed E-state index contributed by atoms with van der Waals surface area (Å²) in [5, 5.41) is 8.84. The van der Waals surface area contributed by atoms with E-state index in [1.165, 1.54) is 0 Å². The second-order valence-electron chi connectivity index (χ2n) is 4.21. The first-order valence-corrected chi connectivity index (χ1v) is 5.93. The Morgan fingerprint density at radius 2 is 2.53 bits per heavy atom. The fourth-order valence-corrected chi connectivity index (χ4v) is 1.92. The standard InChI is InChI=1S/C12H15N5O2/c13-6-10-8-17(4-5-19-10)7-9-2-1-3-11(15-9)12(18)16-14/h1-3,10H,4-5,7-8,14H2,(H,16,18). The topological polar surface area (TPSA) is 104 Å². The number of ether oxygens (including phenoxy) is 1. The molecule has 1 aromatic heterocycles. The molecule has 2 rings (SSSR count). The third-order valence-electron chi connectivity index (χ3n) is 2.85. The molecule has 1 saturated heterocycles. The van der Waals surface area contributed by atoms with E-state index in [2.05, 4.69) is 21.4 Å². The zero-order chi connectivity index (χ0) is 13.7. The van der Waals surface area contributed by atoms with Crippen LogP contribution in [0.25, 0.3) is 0 Å². The first-order chi connectivity index (χ1) is 9.22. The number of aromatic nitrogens is 1. The van der Waals surface area contributed by atoms with Gasteiger partial charge in [-0.3, -0.25) is 15.1 Å². The van der Waals surface area contributed by atoms with E-state index in [1.807, 2.05) is 6.07 Å². The van der Waals surface area contributed by atoms with Crippen LogP contribution in [0.15, 0.2) is 18.2 Å². The number of nitrogens with two attached hydrogens (primary N) is 1. The summed E-state index contributed by atoms with van der Waals surface area (Å²) in [6.07, 6.45) is -0.399. The molecule has 0 bridgehead atoms. The highest BCUT2D eigenvalue weighted by Crippen LogP contribution is 2.09. The number of hydrogen-bond donors (Lipinski definition) is 2. The van der Waals surface area contributed by atoms with Crippen LogP contribution in [0.2, 0.25) is 0 Å². The molecule has 0 spiro atoms. The summed E-state index contributed by atoms with van der Waals surface area (Å²) in [4.78, 5) is 17.7. The van der Waals surface area contributed by atoms with Crippen LogP contribution in [0, 0.1) is 11.3 Å². The SMILES string of the molecule is N#CC1CN(Cc2cccc(C(=O)NN)n2)CCO1. The molecule has 0 saturated carbocycles. The lowest BCUT2D eigenvalue weighted by Crippen LogP contribution is -2.41. The number of pyridine rings is 1. The predicted octanol–water partition coefficient (Wildman–Crippen LogP) is -0.591. The minimum atomic E-state index is -0.418. The third kappa shape index (κ3) is 3.48. The zero-order valence-corrected chi connectivity index (χ0v) is 10.4. The second-order valence-corrected chi connectivity index (χ2v) is 4.21. The molecular formula is C12H15N5O2. The summed E-state index contributed by atoms with van der Waals surface area (Å²) in [7, 11) is 0. The minimum absolute atomic E-state index is 0.282. The van der Waals surface area contributed by atoms with Gasteiger partial charge in [0.25, 0.3) is 5.91 Å². The van der Waals surface area contributed by atoms with Gasteiger partial charge in [0.1, 0.15) is 5.69 Å². The highest BCUT2D eigenvalue weighted by molar-refractivity contribution is 5.91. The molecule has 2 heterocycles. The molecule has 7 nitrogen and oxygen atoms in total. The lowest BCUT2D eigenvalue weighted by molar-refractivity contribution is -0.00313. The fraction of sp³-hybridized carbons (Fsp3) is 0.417. The van der Waals surface area contributed by atoms with Crippen LogP contribution in [-0.4, -0.2) is 41.6 Å². The molecule has 1 aliphatic rings. The van der Waals surface area contributed by atoms with Crippen LogP contribution in [0.3, 0.4) is 0 Å². The van der Waals surface area contributed by atoms with E-state index >= 15 is 0 Å². The number of hydrogen-bond acceptors (Lipinski definition) is 6. The Bertz CT molecular complexity index is 499. The lowest BCUT2D eigenvalue weighted by Gasteiger charge is -2.29. The molecule has 0 aromatic carbocycles. The largest absolute Gasteiger partial charge is 0.361 e. The van der Waals surface area contributed by atoms with Crippen molar-refractivity contribution >= 4 is 5.91 Å². The van der Waals surface area contributed by atoms with E-state index in [0.29, 0.717) is 19.7 Å². The first kappa shape index (κ1) is 13.4. The average molecular weight is 261 g/mol. The van der Waals surface area contributed by atoms with E-state index in [9.17, 15) is 4.79 Å². The number of nitrogens with zero attached hydrogens (tertiary/aromatic N) is 3. The maximum Gasteiger partial charge on any atom is 0.283 e. The number of nitrogens with one attached hydrogen (secondary N) is 1. The van der Waals surface area contributed by atoms with Crippen LogP contribution in [0.1, 0.15) is 16.2 Å². The Morgan fingerprint density at radius 1 is 1.68 bits per heavy atom. The number of carbonyl (C=O) groups is 1. The van der Waals surface area contributed by atoms with Crippen molar-refractivity contribution in [3.63, 3.8) is 0 Å². The van der Waals surface area contributed by atoms with Crippen LogP contribution in [0.5, 0.6) is 0 Å². The first-order valence-electron chi connectivity index (χ1n) is 5.93. The van der Waals surface area contributed by atoms with Gasteiger partial charge in [0.2, 0.25) is 0 Å². The smallest absolute Gasteiger partial charge is 0.283 e. The van der Waals surface area contributed by atoms with Crippen molar-refractivity contribution < 1.29 is 9.53 Å². The quantitative estimate of drug-likeness (QED) is 0.428. The van der Waals surface area contributed by atoms with Crippen LogP contribution >= 0.6 is 0 Å². The van der Waals surface area contributed by atoms with Crippen LogP contribution < -0.4 is 11.3 Å². The summed E-state index contributed by atoms with van der Waals surface area (Å²) in [6, 6.07) is 7.29. The number of rotatable bonds is 3. The van der Waals surface area contributed by atoms with Gasteiger partial charge in [-0.05, 0) is 12.1 Å². The average Bonchev–Trinajstić information content (AvgIpc) is 2.47. The van der Waals surface area contributed by atoms with Crippen molar-refractivity contribution in [2.75, 3.05) is 19.7 Å². The number of nitriles is 1. The Hall–Kier alpha value is -2.01. The number of hydrazine groups is 1. The van der Waals surface area contributed by atoms with Gasteiger partial charge in [-0.1, -0.05) is 6.07 Å². The van der Waals surface area contributed by atoms with E-state index in [0.717, 1.165) is 12.2 Å². The zero-order valence-electron chi connectivity index (χ0n) is 10.4. The number of amides is 1. The number of morpholine rings is 1. The molecule has 1 amide bonds. The second kappa shape index (κ2) is 6.24. The monoisotopic (exact) mass is 261 g/mol. The molecule has 0 aliphatic carbocycles. The van der Waals surface area contributed by atoms with Crippen molar-refractivity contribution in [2.45, 2.75) is 12.6 Å². The highest BCUT2D eigenvalue weighted by atomic mass is 16.5. The lowest BCUT2D eigenvalue weighted by atomic mass is 10.2. The molecule has 1 fully saturated rings. The molecule has 100 valence electrons. The Balaban J connectivity index is 2.03. The predicted molar refractivity (Wildman–Crippen MR) is 66.5 cm³/mol.